The van der Waals surface area contributed by atoms with Crippen molar-refractivity contribution in [2.24, 2.45) is 0 Å². The molecule has 0 bridgehead atoms. The number of fused-ring (bicyclic) bond motifs is 2. The highest BCUT2D eigenvalue weighted by Gasteiger charge is 2.36. The normalized spacial score (nSPS) is 15.0. The van der Waals surface area contributed by atoms with Crippen molar-refractivity contribution in [2.45, 2.75) is 25.4 Å². The second-order valence-electron chi connectivity index (χ2n) is 7.70. The van der Waals surface area contributed by atoms with Crippen LogP contribution in [0.15, 0.2) is 54.6 Å². The molecule has 0 aliphatic carbocycles. The van der Waals surface area contributed by atoms with Crippen molar-refractivity contribution >= 4 is 22.3 Å². The molecule has 0 saturated carbocycles. The Kier molecular flexibility index (Phi) is 4.64. The van der Waals surface area contributed by atoms with Crippen LogP contribution in [0.4, 0.5) is 13.2 Å². The van der Waals surface area contributed by atoms with Crippen molar-refractivity contribution in [1.29, 1.82) is 0 Å². The Bertz CT molecular complexity index is 1280. The van der Waals surface area contributed by atoms with E-state index in [0.717, 1.165) is 40.6 Å². The first-order valence-corrected chi connectivity index (χ1v) is 10.2. The van der Waals surface area contributed by atoms with Gasteiger partial charge in [-0.25, -0.2) is 9.50 Å². The number of alkyl halides is 3. The zero-order chi connectivity index (χ0) is 21.6. The highest BCUT2D eigenvalue weighted by molar-refractivity contribution is 5.96. The summed E-state index contributed by atoms with van der Waals surface area (Å²) in [6, 6.07) is 15.2. The summed E-state index contributed by atoms with van der Waals surface area (Å²) in [5.74, 6) is -0.356. The number of hydrogen-bond acceptors (Lipinski definition) is 3. The van der Waals surface area contributed by atoms with E-state index in [1.807, 2.05) is 30.3 Å². The molecule has 4 aromatic rings. The number of rotatable bonds is 2. The minimum absolute atomic E-state index is 0.00174. The first-order valence-electron chi connectivity index (χ1n) is 10.2. The van der Waals surface area contributed by atoms with Crippen LogP contribution in [0.1, 0.15) is 35.4 Å². The number of piperidine rings is 1. The van der Waals surface area contributed by atoms with E-state index in [2.05, 4.69) is 10.1 Å². The molecule has 1 fully saturated rings. The molecule has 158 valence electrons. The molecule has 2 aromatic carbocycles. The summed E-state index contributed by atoms with van der Waals surface area (Å²) < 4.78 is 42.5. The van der Waals surface area contributed by atoms with Crippen molar-refractivity contribution in [3.63, 3.8) is 0 Å². The lowest BCUT2D eigenvalue weighted by molar-refractivity contribution is -0.142. The second-order valence-corrected chi connectivity index (χ2v) is 7.70. The minimum atomic E-state index is -4.65. The molecule has 1 saturated heterocycles. The third kappa shape index (κ3) is 3.52. The quantitative estimate of drug-likeness (QED) is 0.445. The predicted molar refractivity (Wildman–Crippen MR) is 111 cm³/mol. The topological polar surface area (TPSA) is 50.5 Å². The Morgan fingerprint density at radius 3 is 2.45 bits per heavy atom. The monoisotopic (exact) mass is 424 g/mol. The highest BCUT2D eigenvalue weighted by atomic mass is 19.4. The molecular formula is C23H19F3N4O. The SMILES string of the molecule is O=C(c1cc2nc(-c3cccc4ccccc34)cc(C(F)(F)F)n2n1)N1CCCCC1. The Labute approximate surface area is 176 Å². The Balaban J connectivity index is 1.68. The largest absolute Gasteiger partial charge is 0.433 e. The van der Waals surface area contributed by atoms with Crippen LogP contribution in [-0.4, -0.2) is 38.5 Å². The van der Waals surface area contributed by atoms with Gasteiger partial charge in [-0.15, -0.1) is 0 Å². The van der Waals surface area contributed by atoms with Crippen LogP contribution in [0.5, 0.6) is 0 Å². The lowest BCUT2D eigenvalue weighted by Gasteiger charge is -2.25. The molecule has 0 radical (unpaired) electrons. The summed E-state index contributed by atoms with van der Waals surface area (Å²) in [4.78, 5) is 18.9. The summed E-state index contributed by atoms with van der Waals surface area (Å²) in [7, 11) is 0. The van der Waals surface area contributed by atoms with E-state index in [0.29, 0.717) is 18.7 Å². The fraction of sp³-hybridized carbons (Fsp3) is 0.261. The number of hydrogen-bond donors (Lipinski definition) is 0. The molecule has 8 heteroatoms. The van der Waals surface area contributed by atoms with Gasteiger partial charge in [0.2, 0.25) is 0 Å². The summed E-state index contributed by atoms with van der Waals surface area (Å²) in [6.45, 7) is 1.18. The number of halogens is 3. The fourth-order valence-corrected chi connectivity index (χ4v) is 4.13. The van der Waals surface area contributed by atoms with E-state index in [1.165, 1.54) is 6.07 Å². The van der Waals surface area contributed by atoms with Crippen molar-refractivity contribution in [3.05, 3.63) is 66.0 Å². The molecule has 2 aromatic heterocycles. The Morgan fingerprint density at radius 1 is 0.935 bits per heavy atom. The van der Waals surface area contributed by atoms with Gasteiger partial charge in [-0.3, -0.25) is 4.79 Å². The molecule has 1 aliphatic heterocycles. The van der Waals surface area contributed by atoms with Crippen LogP contribution in [-0.2, 0) is 6.18 Å². The van der Waals surface area contributed by atoms with Gasteiger partial charge in [0.25, 0.3) is 5.91 Å². The van der Waals surface area contributed by atoms with Crippen LogP contribution in [0.25, 0.3) is 27.7 Å². The fourth-order valence-electron chi connectivity index (χ4n) is 4.13. The van der Waals surface area contributed by atoms with Gasteiger partial charge < -0.3 is 4.90 Å². The number of benzene rings is 2. The molecule has 0 unspecified atom stereocenters. The van der Waals surface area contributed by atoms with Gasteiger partial charge in [0.05, 0.1) is 5.69 Å². The second kappa shape index (κ2) is 7.37. The zero-order valence-corrected chi connectivity index (χ0v) is 16.6. The third-order valence-electron chi connectivity index (χ3n) is 5.65. The van der Waals surface area contributed by atoms with E-state index < -0.39 is 11.9 Å². The summed E-state index contributed by atoms with van der Waals surface area (Å²) in [5.41, 5.74) is -0.198. The van der Waals surface area contributed by atoms with Crippen LogP contribution < -0.4 is 0 Å². The Hall–Kier alpha value is -3.42. The maximum Gasteiger partial charge on any atom is 0.433 e. The first kappa shape index (κ1) is 19.5. The predicted octanol–water partition coefficient (Wildman–Crippen LogP) is 5.19. The standard InChI is InChI=1S/C23H19F3N4O/c24-23(25,26)20-13-18(17-10-6-8-15-7-2-3-9-16(15)17)27-21-14-19(28-30(20)21)22(31)29-11-4-1-5-12-29/h2-3,6-10,13-14H,1,4-5,11-12H2. The molecule has 1 aliphatic rings. The number of nitrogens with zero attached hydrogens (tertiary/aromatic N) is 4. The molecule has 5 rings (SSSR count). The molecule has 0 N–H and O–H groups in total. The van der Waals surface area contributed by atoms with Gasteiger partial charge in [-0.2, -0.15) is 18.3 Å². The average molecular weight is 424 g/mol. The van der Waals surface area contributed by atoms with Gasteiger partial charge in [0, 0.05) is 24.7 Å². The van der Waals surface area contributed by atoms with Crippen molar-refractivity contribution < 1.29 is 18.0 Å². The number of amides is 1. The maximum atomic E-state index is 13.9. The van der Waals surface area contributed by atoms with Crippen molar-refractivity contribution in [3.8, 4) is 11.3 Å². The highest BCUT2D eigenvalue weighted by Crippen LogP contribution is 2.34. The van der Waals surface area contributed by atoms with Crippen molar-refractivity contribution in [2.75, 3.05) is 13.1 Å². The van der Waals surface area contributed by atoms with Crippen LogP contribution in [0.3, 0.4) is 0 Å². The lowest BCUT2D eigenvalue weighted by Crippen LogP contribution is -2.35. The van der Waals surface area contributed by atoms with E-state index in [1.54, 1.807) is 17.0 Å². The number of carbonyl (C=O) groups is 1. The van der Waals surface area contributed by atoms with Gasteiger partial charge in [-0.1, -0.05) is 42.5 Å². The minimum Gasteiger partial charge on any atom is -0.337 e. The zero-order valence-electron chi connectivity index (χ0n) is 16.6. The molecular weight excluding hydrogens is 405 g/mol. The van der Waals surface area contributed by atoms with E-state index in [4.69, 9.17) is 0 Å². The van der Waals surface area contributed by atoms with E-state index in [9.17, 15) is 18.0 Å². The van der Waals surface area contributed by atoms with Crippen LogP contribution >= 0.6 is 0 Å². The van der Waals surface area contributed by atoms with Crippen LogP contribution in [0, 0.1) is 0 Å². The van der Waals surface area contributed by atoms with Crippen LogP contribution in [0.2, 0.25) is 0 Å². The van der Waals surface area contributed by atoms with Crippen molar-refractivity contribution in [1.82, 2.24) is 19.5 Å². The molecule has 3 heterocycles. The van der Waals surface area contributed by atoms with E-state index in [-0.39, 0.29) is 22.9 Å². The van der Waals surface area contributed by atoms with Gasteiger partial charge in [-0.05, 0) is 36.1 Å². The first-order chi connectivity index (χ1) is 14.9. The number of carbonyl (C=O) groups excluding carboxylic acids is 1. The third-order valence-corrected chi connectivity index (χ3v) is 5.65. The summed E-state index contributed by atoms with van der Waals surface area (Å²) in [6.07, 6.45) is -1.84. The molecule has 0 atom stereocenters. The van der Waals surface area contributed by atoms with Gasteiger partial charge in [0.15, 0.2) is 17.0 Å². The van der Waals surface area contributed by atoms with Gasteiger partial charge in [0.1, 0.15) is 0 Å². The van der Waals surface area contributed by atoms with E-state index >= 15 is 0 Å². The molecule has 5 nitrogen and oxygen atoms in total. The maximum absolute atomic E-state index is 13.9. The number of aromatic nitrogens is 3. The molecule has 1 amide bonds. The molecule has 31 heavy (non-hydrogen) atoms. The molecule has 0 spiro atoms. The average Bonchev–Trinajstić information content (AvgIpc) is 3.21. The van der Waals surface area contributed by atoms with Gasteiger partial charge >= 0.3 is 6.18 Å². The summed E-state index contributed by atoms with van der Waals surface area (Å²) >= 11 is 0. The number of likely N-dealkylation sites (tertiary alicyclic amines) is 1. The summed E-state index contributed by atoms with van der Waals surface area (Å²) in [5, 5.41) is 5.71. The Morgan fingerprint density at radius 2 is 1.68 bits per heavy atom. The lowest BCUT2D eigenvalue weighted by atomic mass is 10.0. The smallest absolute Gasteiger partial charge is 0.337 e.